The molecule has 4 aromatic heterocycles. The first-order valence-corrected chi connectivity index (χ1v) is 19.5. The highest BCUT2D eigenvalue weighted by Gasteiger charge is 2.49. The van der Waals surface area contributed by atoms with E-state index in [9.17, 15) is 19.3 Å². The van der Waals surface area contributed by atoms with Crippen LogP contribution < -0.4 is 10.6 Å². The molecule has 0 spiro atoms. The van der Waals surface area contributed by atoms with Crippen molar-refractivity contribution >= 4 is 72.9 Å². The zero-order valence-corrected chi connectivity index (χ0v) is 28.3. The number of nitrogens with one attached hydrogen (secondary N) is 2. The third-order valence-electron chi connectivity index (χ3n) is 7.57. The molecule has 0 radical (unpaired) electrons. The summed E-state index contributed by atoms with van der Waals surface area (Å²) in [5.74, 6) is 0.746. The number of imidazole rings is 2. The van der Waals surface area contributed by atoms with Gasteiger partial charge in [0.25, 0.3) is 0 Å². The number of anilines is 2. The van der Waals surface area contributed by atoms with Crippen LogP contribution in [0.3, 0.4) is 0 Å². The molecule has 2 aliphatic heterocycles. The summed E-state index contributed by atoms with van der Waals surface area (Å²) in [5, 5.41) is 25.4. The second-order valence-corrected chi connectivity index (χ2v) is 14.1. The Balaban J connectivity index is 1.07. The van der Waals surface area contributed by atoms with Crippen molar-refractivity contribution in [2.24, 2.45) is 0 Å². The fraction of sp³-hybridized carbons (Fsp3) is 0.500. The molecular weight excluding hydrogens is 720 g/mol. The van der Waals surface area contributed by atoms with Crippen LogP contribution in [0.2, 0.25) is 0 Å². The first-order chi connectivity index (χ1) is 23.2. The summed E-state index contributed by atoms with van der Waals surface area (Å²) in [5.41, 5.74) is 1.22. The van der Waals surface area contributed by atoms with Crippen LogP contribution in [0.4, 0.5) is 20.4 Å². The largest absolute Gasteiger partial charge is 0.394 e. The van der Waals surface area contributed by atoms with E-state index in [4.69, 9.17) is 18.5 Å². The van der Waals surface area contributed by atoms with Gasteiger partial charge in [0.1, 0.15) is 37.1 Å². The number of ether oxygens (including phenoxy) is 2. The minimum atomic E-state index is -2.79. The van der Waals surface area contributed by atoms with Crippen LogP contribution in [0, 0.1) is 0 Å². The van der Waals surface area contributed by atoms with Crippen molar-refractivity contribution in [1.82, 2.24) is 39.0 Å². The van der Waals surface area contributed by atoms with E-state index in [1.165, 1.54) is 34.4 Å². The van der Waals surface area contributed by atoms with Crippen molar-refractivity contribution in [3.8, 4) is 0 Å². The fourth-order valence-corrected chi connectivity index (χ4v) is 7.22. The molecule has 24 heteroatoms. The Labute approximate surface area is 281 Å². The molecule has 48 heavy (non-hydrogen) atoms. The average Bonchev–Trinajstić information content (AvgIpc) is 3.83. The van der Waals surface area contributed by atoms with Crippen LogP contribution in [0.5, 0.6) is 0 Å². The molecule has 6 heterocycles. The van der Waals surface area contributed by atoms with Crippen molar-refractivity contribution in [2.75, 3.05) is 36.9 Å². The van der Waals surface area contributed by atoms with Gasteiger partial charge in [-0.05, 0) is 0 Å². The smallest absolute Gasteiger partial charge is 0.243 e. The molecule has 4 aromatic rings. The van der Waals surface area contributed by atoms with Crippen molar-refractivity contribution in [2.45, 2.75) is 49.2 Å². The molecule has 0 saturated carbocycles. The fourth-order valence-electron chi connectivity index (χ4n) is 5.46. The molecule has 0 aromatic carbocycles. The van der Waals surface area contributed by atoms with Gasteiger partial charge in [-0.25, -0.2) is 38.7 Å². The van der Waals surface area contributed by atoms with E-state index in [0.717, 1.165) is 0 Å². The van der Waals surface area contributed by atoms with E-state index in [-0.39, 0.29) is 11.3 Å². The number of aromatic nitrogens is 8. The van der Waals surface area contributed by atoms with E-state index in [0.29, 0.717) is 35.8 Å². The first-order valence-electron chi connectivity index (χ1n) is 14.3. The number of nitrogens with zero attached hydrogens (tertiary/aromatic N) is 8. The van der Waals surface area contributed by atoms with Crippen LogP contribution in [0.1, 0.15) is 12.5 Å². The van der Waals surface area contributed by atoms with Gasteiger partial charge >= 0.3 is 0 Å². The number of rotatable bonds is 14. The van der Waals surface area contributed by atoms with Gasteiger partial charge < -0.3 is 39.4 Å². The molecule has 4 N–H and O–H groups in total. The monoisotopic (exact) mass is 750 g/mol. The summed E-state index contributed by atoms with van der Waals surface area (Å²) in [6.07, 6.45) is -1.86. The number of aliphatic hydroxyl groups excluding tert-OH is 2. The van der Waals surface area contributed by atoms with Gasteiger partial charge in [-0.2, -0.15) is 0 Å². The maximum absolute atomic E-state index is 15.2. The summed E-state index contributed by atoms with van der Waals surface area (Å²) in [7, 11) is -5.58. The standard InChI is InChI=1S/C24H30F2N10O8P2S2/c25-13-17(43-45(39)47)11(5-37)41-23(13)35-9-33-15-19(29-7-31-21(15)35)27-3-1-2-4-28-20-16-22(32-8-30-20)36(10-34-16)24-14(26)18(44-46(40)48)12(6-38)42-24/h1-2,7-14,17-18,23-24,37-38,45-46H,3-6H2,(H,39,47)(H,40,48)(H,27,29,31)(H,28,30,32)/b2-1+/t11?,12?,13-,14-,17-,18-,23-,24-/m1/s1. The van der Waals surface area contributed by atoms with Crippen molar-refractivity contribution in [3.05, 3.63) is 37.5 Å². The van der Waals surface area contributed by atoms with E-state index < -0.39 is 76.9 Å². The molecule has 0 aliphatic carbocycles. The lowest BCUT2D eigenvalue weighted by molar-refractivity contribution is -0.0427. The van der Waals surface area contributed by atoms with E-state index >= 15 is 8.78 Å². The summed E-state index contributed by atoms with van der Waals surface area (Å²) in [6, 6.07) is 0. The SMILES string of the molecule is O=[PH](S)O[C@@H]1C(CO)O[C@@H](n2cnc3c(NC/C=C/CNc4ncnc5c4ncn5[C@@H]4OC(CO)[C@@H](O[PH](=O)S)[C@H]4F)ncnc32)[C@@H]1F. The topological polar surface area (TPSA) is 223 Å². The van der Waals surface area contributed by atoms with Crippen molar-refractivity contribution < 1.29 is 46.6 Å². The first kappa shape index (κ1) is 35.1. The molecule has 260 valence electrons. The molecule has 6 rings (SSSR count). The lowest BCUT2D eigenvalue weighted by atomic mass is 10.1. The quantitative estimate of drug-likeness (QED) is 0.0615. The zero-order chi connectivity index (χ0) is 33.9. The number of hydrogen-bond donors (Lipinski definition) is 6. The van der Waals surface area contributed by atoms with Crippen molar-refractivity contribution in [1.29, 1.82) is 0 Å². The molecule has 2 aliphatic rings. The molecule has 4 unspecified atom stereocenters. The molecule has 18 nitrogen and oxygen atoms in total. The van der Waals surface area contributed by atoms with E-state index in [1.54, 1.807) is 0 Å². The maximum Gasteiger partial charge on any atom is 0.243 e. The lowest BCUT2D eigenvalue weighted by Crippen LogP contribution is -2.31. The van der Waals surface area contributed by atoms with Gasteiger partial charge in [-0.15, -0.1) is 0 Å². The van der Waals surface area contributed by atoms with Crippen LogP contribution in [-0.4, -0.2) is 112 Å². The number of fused-ring (bicyclic) bond motifs is 2. The third kappa shape index (κ3) is 7.09. The second-order valence-electron chi connectivity index (χ2n) is 10.4. The predicted molar refractivity (Wildman–Crippen MR) is 174 cm³/mol. The van der Waals surface area contributed by atoms with Crippen LogP contribution in [0.25, 0.3) is 22.3 Å². The van der Waals surface area contributed by atoms with Gasteiger partial charge in [-0.3, -0.25) is 18.3 Å². The minimum Gasteiger partial charge on any atom is -0.394 e. The van der Waals surface area contributed by atoms with Gasteiger partial charge in [-0.1, -0.05) is 36.6 Å². The van der Waals surface area contributed by atoms with Crippen LogP contribution in [-0.2, 0) is 27.7 Å². The number of hydrogen-bond acceptors (Lipinski definition) is 16. The highest BCUT2D eigenvalue weighted by Crippen LogP contribution is 2.42. The molecule has 2 fully saturated rings. The summed E-state index contributed by atoms with van der Waals surface area (Å²) in [6.45, 7) is -0.455. The van der Waals surface area contributed by atoms with E-state index in [1.807, 2.05) is 12.2 Å². The number of aliphatic hydroxyl groups is 2. The molecular formula is C24H30F2N10O8P2S2. The normalized spacial score (nSPS) is 28.9. The van der Waals surface area contributed by atoms with Gasteiger partial charge in [0.2, 0.25) is 14.5 Å². The average molecular weight is 751 g/mol. The number of thiol groups is 2. The summed E-state index contributed by atoms with van der Waals surface area (Å²) < 4.78 is 77.6. The summed E-state index contributed by atoms with van der Waals surface area (Å²) in [4.78, 5) is 25.5. The Morgan fingerprint density at radius 3 is 1.56 bits per heavy atom. The second kappa shape index (κ2) is 15.4. The molecule has 10 atom stereocenters. The van der Waals surface area contributed by atoms with Gasteiger partial charge in [0.05, 0.1) is 25.9 Å². The van der Waals surface area contributed by atoms with E-state index in [2.05, 4.69) is 65.0 Å². The molecule has 2 saturated heterocycles. The van der Waals surface area contributed by atoms with Crippen LogP contribution >= 0.6 is 39.0 Å². The Bertz CT molecular complexity index is 1700. The highest BCUT2D eigenvalue weighted by atomic mass is 32.7. The summed E-state index contributed by atoms with van der Waals surface area (Å²) >= 11 is 7.42. The predicted octanol–water partition coefficient (Wildman–Crippen LogP) is 1.91. The lowest BCUT2D eigenvalue weighted by Gasteiger charge is -2.16. The van der Waals surface area contributed by atoms with Gasteiger partial charge in [0.15, 0.2) is 58.8 Å². The zero-order valence-electron chi connectivity index (χ0n) is 24.5. The third-order valence-corrected chi connectivity index (χ3v) is 9.15. The van der Waals surface area contributed by atoms with Crippen LogP contribution in [0.15, 0.2) is 37.5 Å². The Hall–Kier alpha value is -2.78. The molecule has 0 amide bonds. The Kier molecular flexibility index (Phi) is 11.3. The minimum absolute atomic E-state index is 0.267. The van der Waals surface area contributed by atoms with Crippen molar-refractivity contribution in [3.63, 3.8) is 0 Å². The number of alkyl halides is 2. The highest BCUT2D eigenvalue weighted by molar-refractivity contribution is 8.39. The molecule has 0 bridgehead atoms. The Morgan fingerprint density at radius 2 is 1.19 bits per heavy atom. The maximum atomic E-state index is 15.2. The number of halogens is 2. The Morgan fingerprint density at radius 1 is 0.771 bits per heavy atom. The van der Waals surface area contributed by atoms with Gasteiger partial charge in [0, 0.05) is 13.1 Å².